The summed E-state index contributed by atoms with van der Waals surface area (Å²) in [5.41, 5.74) is 1.77. The summed E-state index contributed by atoms with van der Waals surface area (Å²) in [5, 5.41) is 2.14. The quantitative estimate of drug-likeness (QED) is 0.230. The molecule has 3 rings (SSSR count). The first-order valence-electron chi connectivity index (χ1n) is 7.51. The molecule has 132 valence electrons. The van der Waals surface area contributed by atoms with E-state index in [4.69, 9.17) is 16.3 Å². The van der Waals surface area contributed by atoms with E-state index in [2.05, 4.69) is 9.37 Å². The smallest absolute Gasteiger partial charge is 0.331 e. The van der Waals surface area contributed by atoms with Crippen molar-refractivity contribution < 1.29 is 9.53 Å². The molecule has 8 heteroatoms. The zero-order valence-corrected chi connectivity index (χ0v) is 16.6. The number of halogens is 1. The Bertz CT molecular complexity index is 950. The van der Waals surface area contributed by atoms with Gasteiger partial charge in [-0.1, -0.05) is 53.7 Å². The Balaban J connectivity index is 1.50. The maximum atomic E-state index is 11.7. The van der Waals surface area contributed by atoms with Gasteiger partial charge >= 0.3 is 5.97 Å². The SMILES string of the molecule is O=C(/C=C/Sc1ccc(/N=c2\ssnc2Cl)cc1)OCc1ccccc1. The Hall–Kier alpha value is -1.93. The highest BCUT2D eigenvalue weighted by molar-refractivity contribution is 8.02. The van der Waals surface area contributed by atoms with Gasteiger partial charge in [0.2, 0.25) is 0 Å². The molecular formula is C18H13ClN2O2S3. The molecule has 2 aromatic carbocycles. The van der Waals surface area contributed by atoms with Gasteiger partial charge in [-0.25, -0.2) is 9.79 Å². The van der Waals surface area contributed by atoms with Crippen molar-refractivity contribution in [2.75, 3.05) is 0 Å². The van der Waals surface area contributed by atoms with E-state index in [1.54, 1.807) is 5.41 Å². The van der Waals surface area contributed by atoms with E-state index in [-0.39, 0.29) is 12.6 Å². The summed E-state index contributed by atoms with van der Waals surface area (Å²) >= 11 is 7.38. The maximum Gasteiger partial charge on any atom is 0.331 e. The molecule has 0 bridgehead atoms. The van der Waals surface area contributed by atoms with Crippen LogP contribution in [0.2, 0.25) is 5.15 Å². The lowest BCUT2D eigenvalue weighted by Gasteiger charge is -2.01. The average Bonchev–Trinajstić information content (AvgIpc) is 3.07. The van der Waals surface area contributed by atoms with Crippen molar-refractivity contribution >= 4 is 55.9 Å². The third-order valence-electron chi connectivity index (χ3n) is 3.11. The number of esters is 1. The molecule has 0 spiro atoms. The van der Waals surface area contributed by atoms with Gasteiger partial charge in [0.15, 0.2) is 9.82 Å². The van der Waals surface area contributed by atoms with Crippen molar-refractivity contribution in [3.05, 3.63) is 81.5 Å². The first kappa shape index (κ1) is 18.8. The van der Waals surface area contributed by atoms with E-state index >= 15 is 0 Å². The summed E-state index contributed by atoms with van der Waals surface area (Å²) in [4.78, 5) is 17.1. The standard InChI is InChI=1S/C18H13ClN2O2S3/c19-17-18(25-26-21-17)20-14-6-8-15(9-7-14)24-11-10-16(22)23-12-13-4-2-1-3-5-13/h1-11H,12H2/b11-10+,20-18-. The second kappa shape index (κ2) is 9.68. The fourth-order valence-electron chi connectivity index (χ4n) is 1.89. The van der Waals surface area contributed by atoms with Crippen LogP contribution in [0.5, 0.6) is 0 Å². The minimum Gasteiger partial charge on any atom is -0.458 e. The highest BCUT2D eigenvalue weighted by Gasteiger charge is 2.00. The number of ether oxygens (including phenoxy) is 1. The molecule has 0 aliphatic heterocycles. The van der Waals surface area contributed by atoms with Crippen LogP contribution in [-0.4, -0.2) is 10.3 Å². The van der Waals surface area contributed by atoms with Gasteiger partial charge in [0.25, 0.3) is 0 Å². The molecule has 0 fully saturated rings. The van der Waals surface area contributed by atoms with Crippen molar-refractivity contribution in [2.24, 2.45) is 4.99 Å². The van der Waals surface area contributed by atoms with Crippen LogP contribution in [0.3, 0.4) is 0 Å². The van der Waals surface area contributed by atoms with Gasteiger partial charge in [0.1, 0.15) is 6.61 Å². The predicted octanol–water partition coefficient (Wildman–Crippen LogP) is 5.44. The van der Waals surface area contributed by atoms with Crippen LogP contribution < -0.4 is 4.67 Å². The number of thioether (sulfide) groups is 1. The lowest BCUT2D eigenvalue weighted by Crippen LogP contribution is -2.00. The van der Waals surface area contributed by atoms with Gasteiger partial charge in [0, 0.05) is 21.5 Å². The number of nitrogens with zero attached hydrogens (tertiary/aromatic N) is 2. The first-order chi connectivity index (χ1) is 12.7. The fourth-order valence-corrected chi connectivity index (χ4v) is 4.51. The number of carbonyl (C=O) groups excluding carboxylic acids is 1. The summed E-state index contributed by atoms with van der Waals surface area (Å²) in [6.45, 7) is 0.270. The second-order valence-electron chi connectivity index (χ2n) is 4.96. The second-order valence-corrected chi connectivity index (χ2v) is 8.13. The summed E-state index contributed by atoms with van der Waals surface area (Å²) in [5.74, 6) is -0.367. The van der Waals surface area contributed by atoms with Gasteiger partial charge in [-0.05, 0) is 45.6 Å². The van der Waals surface area contributed by atoms with E-state index in [0.29, 0.717) is 9.82 Å². The van der Waals surface area contributed by atoms with Gasteiger partial charge in [0.05, 0.1) is 5.69 Å². The van der Waals surface area contributed by atoms with E-state index < -0.39 is 0 Å². The maximum absolute atomic E-state index is 11.7. The van der Waals surface area contributed by atoms with E-state index in [9.17, 15) is 4.79 Å². The Labute approximate surface area is 167 Å². The zero-order chi connectivity index (χ0) is 18.2. The van der Waals surface area contributed by atoms with Crippen LogP contribution in [0.25, 0.3) is 0 Å². The van der Waals surface area contributed by atoms with Crippen LogP contribution in [0.1, 0.15) is 5.56 Å². The Morgan fingerprint density at radius 3 is 2.65 bits per heavy atom. The molecule has 0 unspecified atom stereocenters. The lowest BCUT2D eigenvalue weighted by atomic mass is 10.2. The Kier molecular flexibility index (Phi) is 7.02. The van der Waals surface area contributed by atoms with Gasteiger partial charge in [-0.3, -0.25) is 0 Å². The molecule has 0 aliphatic carbocycles. The lowest BCUT2D eigenvalue weighted by molar-refractivity contribution is -0.138. The van der Waals surface area contributed by atoms with Gasteiger partial charge in [-0.15, -0.1) is 0 Å². The predicted molar refractivity (Wildman–Crippen MR) is 108 cm³/mol. The molecule has 4 nitrogen and oxygen atoms in total. The van der Waals surface area contributed by atoms with Crippen LogP contribution in [0.15, 0.2) is 76.0 Å². The molecule has 0 N–H and O–H groups in total. The third-order valence-corrected chi connectivity index (χ3v) is 6.10. The van der Waals surface area contributed by atoms with E-state index in [1.165, 1.54) is 38.7 Å². The monoisotopic (exact) mass is 420 g/mol. The minimum absolute atomic E-state index is 0.270. The van der Waals surface area contributed by atoms with E-state index in [0.717, 1.165) is 16.1 Å². The first-order valence-corrected chi connectivity index (χ1v) is 10.9. The molecule has 0 aliphatic rings. The molecule has 0 saturated carbocycles. The molecular weight excluding hydrogens is 408 g/mol. The number of hydrogen-bond donors (Lipinski definition) is 0. The molecule has 26 heavy (non-hydrogen) atoms. The topological polar surface area (TPSA) is 51.5 Å². The van der Waals surface area contributed by atoms with Crippen molar-refractivity contribution in [3.8, 4) is 0 Å². The summed E-state index contributed by atoms with van der Waals surface area (Å²) in [7, 11) is 2.75. The van der Waals surface area contributed by atoms with Crippen LogP contribution in [0, 0.1) is 0 Å². The molecule has 1 aromatic heterocycles. The number of hydrogen-bond acceptors (Lipinski definition) is 7. The summed E-state index contributed by atoms with van der Waals surface area (Å²) in [6, 6.07) is 17.2. The summed E-state index contributed by atoms with van der Waals surface area (Å²) in [6.07, 6.45) is 1.42. The van der Waals surface area contributed by atoms with E-state index in [1.807, 2.05) is 54.6 Å². The normalized spacial score (nSPS) is 11.8. The van der Waals surface area contributed by atoms with Crippen LogP contribution in [0.4, 0.5) is 5.69 Å². The molecule has 0 amide bonds. The van der Waals surface area contributed by atoms with Crippen LogP contribution in [-0.2, 0) is 16.1 Å². The minimum atomic E-state index is -0.367. The number of rotatable bonds is 6. The summed E-state index contributed by atoms with van der Waals surface area (Å²) < 4.78 is 9.89. The van der Waals surface area contributed by atoms with Crippen LogP contribution >= 0.6 is 44.2 Å². The number of aromatic nitrogens is 1. The van der Waals surface area contributed by atoms with Crippen molar-refractivity contribution in [1.82, 2.24) is 4.37 Å². The molecule has 1 heterocycles. The molecule has 0 saturated heterocycles. The average molecular weight is 421 g/mol. The van der Waals surface area contributed by atoms with Gasteiger partial charge in [-0.2, -0.15) is 4.37 Å². The largest absolute Gasteiger partial charge is 0.458 e. The zero-order valence-electron chi connectivity index (χ0n) is 13.4. The molecule has 0 radical (unpaired) electrons. The van der Waals surface area contributed by atoms with Crippen molar-refractivity contribution in [1.29, 1.82) is 0 Å². The third kappa shape index (κ3) is 5.81. The highest BCUT2D eigenvalue weighted by Crippen LogP contribution is 2.22. The van der Waals surface area contributed by atoms with Crippen molar-refractivity contribution in [3.63, 3.8) is 0 Å². The van der Waals surface area contributed by atoms with Gasteiger partial charge < -0.3 is 4.74 Å². The number of benzene rings is 2. The molecule has 3 aromatic rings. The Morgan fingerprint density at radius 2 is 1.96 bits per heavy atom. The Morgan fingerprint density at radius 1 is 1.19 bits per heavy atom. The highest BCUT2D eigenvalue weighted by atomic mass is 35.5. The fraction of sp³-hybridized carbons (Fsp3) is 0.0556. The molecule has 0 atom stereocenters. The van der Waals surface area contributed by atoms with Crippen molar-refractivity contribution in [2.45, 2.75) is 11.5 Å². The number of carbonyl (C=O) groups is 1.